The maximum absolute atomic E-state index is 5.86. The normalized spacial score (nSPS) is 15.2. The van der Waals surface area contributed by atoms with Crippen LogP contribution in [0.2, 0.25) is 0 Å². The first-order valence-electron chi connectivity index (χ1n) is 8.87. The average molecular weight is 325 g/mol. The average Bonchev–Trinajstić information content (AvgIpc) is 2.65. The van der Waals surface area contributed by atoms with E-state index in [9.17, 15) is 0 Å². The van der Waals surface area contributed by atoms with Crippen molar-refractivity contribution in [3.05, 3.63) is 54.2 Å². The Hall–Kier alpha value is -2.07. The Balaban J connectivity index is 1.42. The van der Waals surface area contributed by atoms with Gasteiger partial charge in [-0.15, -0.1) is 0 Å². The first-order chi connectivity index (χ1) is 11.8. The van der Waals surface area contributed by atoms with Crippen LogP contribution in [-0.2, 0) is 6.54 Å². The molecule has 0 saturated carbocycles. The van der Waals surface area contributed by atoms with Gasteiger partial charge in [-0.05, 0) is 55.8 Å². The van der Waals surface area contributed by atoms with Gasteiger partial charge in [-0.3, -0.25) is 4.90 Å². The summed E-state index contributed by atoms with van der Waals surface area (Å²) in [5.41, 5.74) is 1.37. The number of anilines is 1. The molecule has 2 aromatic rings. The van der Waals surface area contributed by atoms with Crippen LogP contribution in [0.4, 0.5) is 5.82 Å². The number of benzene rings is 1. The largest absolute Gasteiger partial charge is 0.492 e. The quantitative estimate of drug-likeness (QED) is 0.778. The highest BCUT2D eigenvalue weighted by molar-refractivity contribution is 5.36. The Morgan fingerprint density at radius 3 is 2.54 bits per heavy atom. The number of aromatic nitrogens is 1. The summed E-state index contributed by atoms with van der Waals surface area (Å²) in [6.07, 6.45) is 5.87. The fourth-order valence-corrected chi connectivity index (χ4v) is 3.06. The second-order valence-corrected chi connectivity index (χ2v) is 6.44. The molecule has 1 saturated heterocycles. The Bertz CT molecular complexity index is 594. The van der Waals surface area contributed by atoms with Crippen LogP contribution < -0.4 is 9.64 Å². The highest BCUT2D eigenvalue weighted by atomic mass is 16.5. The van der Waals surface area contributed by atoms with E-state index in [0.717, 1.165) is 24.7 Å². The Labute approximate surface area is 145 Å². The fraction of sp³-hybridized carbons (Fsp3) is 0.450. The first kappa shape index (κ1) is 16.8. The SMILES string of the molecule is CN(CCOc1ccc(CN2CCCCC2)cc1)c1ccccn1. The number of rotatable bonds is 7. The molecule has 1 aliphatic rings. The third-order valence-corrected chi connectivity index (χ3v) is 4.51. The standard InChI is InChI=1S/C20H27N3O/c1-22(20-7-3-4-12-21-20)15-16-24-19-10-8-18(9-11-19)17-23-13-5-2-6-14-23/h3-4,7-12H,2,5-6,13-17H2,1H3. The van der Waals surface area contributed by atoms with E-state index in [2.05, 4.69) is 39.0 Å². The fourth-order valence-electron chi connectivity index (χ4n) is 3.06. The molecule has 3 rings (SSSR count). The predicted octanol–water partition coefficient (Wildman–Crippen LogP) is 3.58. The lowest BCUT2D eigenvalue weighted by atomic mass is 10.1. The zero-order chi connectivity index (χ0) is 16.6. The van der Waals surface area contributed by atoms with Gasteiger partial charge < -0.3 is 9.64 Å². The molecule has 0 amide bonds. The number of hydrogen-bond acceptors (Lipinski definition) is 4. The zero-order valence-corrected chi connectivity index (χ0v) is 14.5. The highest BCUT2D eigenvalue weighted by Gasteiger charge is 2.10. The van der Waals surface area contributed by atoms with Crippen molar-refractivity contribution in [3.8, 4) is 5.75 Å². The van der Waals surface area contributed by atoms with Crippen molar-refractivity contribution < 1.29 is 4.74 Å². The lowest BCUT2D eigenvalue weighted by Crippen LogP contribution is -2.29. The number of likely N-dealkylation sites (N-methyl/N-ethyl adjacent to an activating group) is 1. The van der Waals surface area contributed by atoms with Crippen molar-refractivity contribution in [3.63, 3.8) is 0 Å². The molecule has 128 valence electrons. The van der Waals surface area contributed by atoms with Crippen molar-refractivity contribution in [2.45, 2.75) is 25.8 Å². The summed E-state index contributed by atoms with van der Waals surface area (Å²) in [6, 6.07) is 14.5. The van der Waals surface area contributed by atoms with Crippen molar-refractivity contribution in [1.82, 2.24) is 9.88 Å². The van der Waals surface area contributed by atoms with Crippen molar-refractivity contribution >= 4 is 5.82 Å². The molecule has 24 heavy (non-hydrogen) atoms. The highest BCUT2D eigenvalue weighted by Crippen LogP contribution is 2.16. The molecule has 0 N–H and O–H groups in total. The molecular weight excluding hydrogens is 298 g/mol. The van der Waals surface area contributed by atoms with Crippen LogP contribution in [0.1, 0.15) is 24.8 Å². The van der Waals surface area contributed by atoms with Crippen LogP contribution in [0, 0.1) is 0 Å². The van der Waals surface area contributed by atoms with Gasteiger partial charge in [0.2, 0.25) is 0 Å². The molecule has 2 heterocycles. The summed E-state index contributed by atoms with van der Waals surface area (Å²) >= 11 is 0. The molecule has 0 bridgehead atoms. The Morgan fingerprint density at radius 1 is 1.04 bits per heavy atom. The van der Waals surface area contributed by atoms with Gasteiger partial charge in [0.1, 0.15) is 18.2 Å². The maximum atomic E-state index is 5.86. The Kier molecular flexibility index (Phi) is 6.07. The second-order valence-electron chi connectivity index (χ2n) is 6.44. The van der Waals surface area contributed by atoms with Crippen molar-refractivity contribution in [2.24, 2.45) is 0 Å². The van der Waals surface area contributed by atoms with Crippen LogP contribution in [0.25, 0.3) is 0 Å². The van der Waals surface area contributed by atoms with Gasteiger partial charge in [0.15, 0.2) is 0 Å². The van der Waals surface area contributed by atoms with E-state index in [1.54, 1.807) is 0 Å². The van der Waals surface area contributed by atoms with Gasteiger partial charge in [0, 0.05) is 19.8 Å². The summed E-state index contributed by atoms with van der Waals surface area (Å²) in [7, 11) is 2.04. The molecule has 0 spiro atoms. The monoisotopic (exact) mass is 325 g/mol. The molecule has 1 aromatic carbocycles. The van der Waals surface area contributed by atoms with E-state index < -0.39 is 0 Å². The first-order valence-corrected chi connectivity index (χ1v) is 8.87. The number of hydrogen-bond donors (Lipinski definition) is 0. The van der Waals surface area contributed by atoms with E-state index in [-0.39, 0.29) is 0 Å². The van der Waals surface area contributed by atoms with Gasteiger partial charge in [0.05, 0.1) is 6.54 Å². The number of nitrogens with zero attached hydrogens (tertiary/aromatic N) is 3. The molecule has 0 unspecified atom stereocenters. The van der Waals surface area contributed by atoms with Gasteiger partial charge in [-0.1, -0.05) is 24.6 Å². The minimum Gasteiger partial charge on any atom is -0.492 e. The van der Waals surface area contributed by atoms with Gasteiger partial charge in [0.25, 0.3) is 0 Å². The van der Waals surface area contributed by atoms with Crippen LogP contribution in [0.15, 0.2) is 48.7 Å². The molecule has 1 aromatic heterocycles. The predicted molar refractivity (Wildman–Crippen MR) is 98.6 cm³/mol. The zero-order valence-electron chi connectivity index (χ0n) is 14.5. The molecular formula is C20H27N3O. The molecule has 1 aliphatic heterocycles. The summed E-state index contributed by atoms with van der Waals surface area (Å²) in [4.78, 5) is 8.98. The summed E-state index contributed by atoms with van der Waals surface area (Å²) in [6.45, 7) is 4.99. The third-order valence-electron chi connectivity index (χ3n) is 4.51. The van der Waals surface area contributed by atoms with Crippen LogP contribution >= 0.6 is 0 Å². The van der Waals surface area contributed by atoms with Crippen LogP contribution in [0.5, 0.6) is 5.75 Å². The van der Waals surface area contributed by atoms with Crippen molar-refractivity contribution in [1.29, 1.82) is 0 Å². The molecule has 1 fully saturated rings. The lowest BCUT2D eigenvalue weighted by molar-refractivity contribution is 0.221. The van der Waals surface area contributed by atoms with Gasteiger partial charge in [-0.25, -0.2) is 4.98 Å². The Morgan fingerprint density at radius 2 is 1.83 bits per heavy atom. The van der Waals surface area contributed by atoms with E-state index in [1.807, 2.05) is 31.4 Å². The molecule has 4 heteroatoms. The third kappa shape index (κ3) is 4.96. The van der Waals surface area contributed by atoms with Crippen LogP contribution in [-0.4, -0.2) is 43.2 Å². The summed E-state index contributed by atoms with van der Waals surface area (Å²) < 4.78 is 5.86. The van der Waals surface area contributed by atoms with Gasteiger partial charge in [-0.2, -0.15) is 0 Å². The molecule has 0 aliphatic carbocycles. The smallest absolute Gasteiger partial charge is 0.128 e. The van der Waals surface area contributed by atoms with E-state index in [0.29, 0.717) is 6.61 Å². The summed E-state index contributed by atoms with van der Waals surface area (Å²) in [5, 5.41) is 0. The molecule has 0 radical (unpaired) electrons. The summed E-state index contributed by atoms with van der Waals surface area (Å²) in [5.74, 6) is 1.91. The molecule has 4 nitrogen and oxygen atoms in total. The second kappa shape index (κ2) is 8.69. The van der Waals surface area contributed by atoms with Crippen LogP contribution in [0.3, 0.4) is 0 Å². The number of likely N-dealkylation sites (tertiary alicyclic amines) is 1. The van der Waals surface area contributed by atoms with Gasteiger partial charge >= 0.3 is 0 Å². The van der Waals surface area contributed by atoms with E-state index in [4.69, 9.17) is 4.74 Å². The minimum absolute atomic E-state index is 0.651. The number of pyridine rings is 1. The van der Waals surface area contributed by atoms with E-state index in [1.165, 1.54) is 37.9 Å². The minimum atomic E-state index is 0.651. The van der Waals surface area contributed by atoms with E-state index >= 15 is 0 Å². The molecule has 0 atom stereocenters. The topological polar surface area (TPSA) is 28.6 Å². The van der Waals surface area contributed by atoms with Crippen molar-refractivity contribution in [2.75, 3.05) is 38.2 Å². The lowest BCUT2D eigenvalue weighted by Gasteiger charge is -2.26. The maximum Gasteiger partial charge on any atom is 0.128 e. The number of piperidine rings is 1. The number of ether oxygens (including phenoxy) is 1.